The van der Waals surface area contributed by atoms with Crippen molar-refractivity contribution in [2.45, 2.75) is 31.8 Å². The molecule has 1 unspecified atom stereocenters. The molecule has 1 aliphatic rings. The highest BCUT2D eigenvalue weighted by atomic mass is 79.9. The van der Waals surface area contributed by atoms with Crippen LogP contribution in [0.3, 0.4) is 0 Å². The SMILES string of the molecule is O=C(NCCC1CCCCO1)c1cc(Br)ccc1F. The van der Waals surface area contributed by atoms with Crippen LogP contribution in [-0.2, 0) is 4.74 Å². The second-order valence-corrected chi connectivity index (χ2v) is 5.57. The molecule has 1 aromatic rings. The Morgan fingerprint density at radius 3 is 3.05 bits per heavy atom. The Balaban J connectivity index is 1.82. The monoisotopic (exact) mass is 329 g/mol. The van der Waals surface area contributed by atoms with Gasteiger partial charge in [-0.15, -0.1) is 0 Å². The fourth-order valence-corrected chi connectivity index (χ4v) is 2.51. The van der Waals surface area contributed by atoms with Crippen LogP contribution < -0.4 is 5.32 Å². The van der Waals surface area contributed by atoms with E-state index in [2.05, 4.69) is 21.2 Å². The molecule has 3 nitrogen and oxygen atoms in total. The Bertz CT molecular complexity index is 447. The average molecular weight is 330 g/mol. The van der Waals surface area contributed by atoms with Crippen molar-refractivity contribution in [1.82, 2.24) is 5.32 Å². The second kappa shape index (κ2) is 7.01. The Hall–Kier alpha value is -0.940. The summed E-state index contributed by atoms with van der Waals surface area (Å²) in [5.74, 6) is -0.885. The Kier molecular flexibility index (Phi) is 5.34. The number of rotatable bonds is 4. The molecule has 0 bridgehead atoms. The highest BCUT2D eigenvalue weighted by Crippen LogP contribution is 2.16. The summed E-state index contributed by atoms with van der Waals surface area (Å²) in [6.45, 7) is 1.31. The van der Waals surface area contributed by atoms with E-state index >= 15 is 0 Å². The van der Waals surface area contributed by atoms with Gasteiger partial charge in [-0.3, -0.25) is 4.79 Å². The quantitative estimate of drug-likeness (QED) is 0.920. The first-order chi connectivity index (χ1) is 9.16. The van der Waals surface area contributed by atoms with Crippen molar-refractivity contribution in [3.05, 3.63) is 34.1 Å². The summed E-state index contributed by atoms with van der Waals surface area (Å²) < 4.78 is 19.8. The van der Waals surface area contributed by atoms with Crippen LogP contribution in [0.5, 0.6) is 0 Å². The number of benzene rings is 1. The van der Waals surface area contributed by atoms with Gasteiger partial charge in [-0.2, -0.15) is 0 Å². The molecule has 0 saturated carbocycles. The Labute approximate surface area is 120 Å². The van der Waals surface area contributed by atoms with Gasteiger partial charge in [0.2, 0.25) is 0 Å². The van der Waals surface area contributed by atoms with Crippen LogP contribution in [0.2, 0.25) is 0 Å². The minimum atomic E-state index is -0.505. The molecule has 0 spiro atoms. The Morgan fingerprint density at radius 2 is 2.32 bits per heavy atom. The predicted molar refractivity (Wildman–Crippen MR) is 74.6 cm³/mol. The van der Waals surface area contributed by atoms with Gasteiger partial charge in [0.05, 0.1) is 11.7 Å². The molecule has 0 aromatic heterocycles. The Morgan fingerprint density at radius 1 is 1.47 bits per heavy atom. The van der Waals surface area contributed by atoms with Gasteiger partial charge in [0.1, 0.15) is 5.82 Å². The minimum absolute atomic E-state index is 0.0685. The van der Waals surface area contributed by atoms with E-state index in [1.54, 1.807) is 6.07 Å². The normalized spacial score (nSPS) is 19.2. The zero-order valence-electron chi connectivity index (χ0n) is 10.6. The summed E-state index contributed by atoms with van der Waals surface area (Å²) in [6.07, 6.45) is 4.34. The largest absolute Gasteiger partial charge is 0.378 e. The summed E-state index contributed by atoms with van der Waals surface area (Å²) in [5, 5.41) is 2.73. The van der Waals surface area contributed by atoms with E-state index in [9.17, 15) is 9.18 Å². The van der Waals surface area contributed by atoms with Gasteiger partial charge in [-0.25, -0.2) is 4.39 Å². The molecule has 1 amide bonds. The zero-order valence-corrected chi connectivity index (χ0v) is 12.2. The number of ether oxygens (including phenoxy) is 1. The van der Waals surface area contributed by atoms with Crippen molar-refractivity contribution in [1.29, 1.82) is 0 Å². The van der Waals surface area contributed by atoms with Crippen LogP contribution in [0.4, 0.5) is 4.39 Å². The number of halogens is 2. The van der Waals surface area contributed by atoms with Crippen molar-refractivity contribution in [2.24, 2.45) is 0 Å². The molecule has 1 heterocycles. The van der Waals surface area contributed by atoms with Crippen molar-refractivity contribution in [3.8, 4) is 0 Å². The van der Waals surface area contributed by atoms with Crippen LogP contribution in [0.15, 0.2) is 22.7 Å². The minimum Gasteiger partial charge on any atom is -0.378 e. The molecule has 104 valence electrons. The lowest BCUT2D eigenvalue weighted by Crippen LogP contribution is -2.29. The van der Waals surface area contributed by atoms with Gasteiger partial charge in [0, 0.05) is 17.6 Å². The first kappa shape index (κ1) is 14.5. The molecular weight excluding hydrogens is 313 g/mol. The lowest BCUT2D eigenvalue weighted by molar-refractivity contribution is 0.0117. The maximum Gasteiger partial charge on any atom is 0.254 e. The predicted octanol–water partition coefficient (Wildman–Crippen LogP) is 3.28. The maximum atomic E-state index is 13.5. The van der Waals surface area contributed by atoms with E-state index in [0.29, 0.717) is 11.0 Å². The molecule has 1 atom stereocenters. The number of nitrogens with one attached hydrogen (secondary N) is 1. The number of carbonyl (C=O) groups excluding carboxylic acids is 1. The summed E-state index contributed by atoms with van der Waals surface area (Å²) in [5.41, 5.74) is 0.0685. The zero-order chi connectivity index (χ0) is 13.7. The van der Waals surface area contributed by atoms with Gasteiger partial charge < -0.3 is 10.1 Å². The molecule has 1 fully saturated rings. The van der Waals surface area contributed by atoms with Crippen molar-refractivity contribution in [2.75, 3.05) is 13.2 Å². The van der Waals surface area contributed by atoms with Crippen LogP contribution in [0, 0.1) is 5.82 Å². The van der Waals surface area contributed by atoms with Gasteiger partial charge in [-0.05, 0) is 43.9 Å². The lowest BCUT2D eigenvalue weighted by Gasteiger charge is -2.22. The van der Waals surface area contributed by atoms with Crippen molar-refractivity contribution < 1.29 is 13.9 Å². The van der Waals surface area contributed by atoms with Crippen molar-refractivity contribution in [3.63, 3.8) is 0 Å². The van der Waals surface area contributed by atoms with Gasteiger partial charge in [0.15, 0.2) is 0 Å². The van der Waals surface area contributed by atoms with E-state index in [1.165, 1.54) is 18.6 Å². The van der Waals surface area contributed by atoms with Crippen LogP contribution >= 0.6 is 15.9 Å². The first-order valence-corrected chi connectivity index (χ1v) is 7.31. The molecule has 1 aliphatic heterocycles. The van der Waals surface area contributed by atoms with E-state index in [0.717, 1.165) is 25.9 Å². The van der Waals surface area contributed by atoms with Crippen LogP contribution in [-0.4, -0.2) is 25.2 Å². The fraction of sp³-hybridized carbons (Fsp3) is 0.500. The smallest absolute Gasteiger partial charge is 0.254 e. The summed E-state index contributed by atoms with van der Waals surface area (Å²) in [4.78, 5) is 11.8. The fourth-order valence-electron chi connectivity index (χ4n) is 2.15. The maximum absolute atomic E-state index is 13.5. The van der Waals surface area contributed by atoms with E-state index in [1.807, 2.05) is 0 Å². The van der Waals surface area contributed by atoms with E-state index in [-0.39, 0.29) is 17.6 Å². The molecule has 19 heavy (non-hydrogen) atoms. The molecule has 5 heteroatoms. The average Bonchev–Trinajstić information content (AvgIpc) is 2.42. The van der Waals surface area contributed by atoms with Gasteiger partial charge in [-0.1, -0.05) is 15.9 Å². The molecule has 1 N–H and O–H groups in total. The number of amides is 1. The number of hydrogen-bond donors (Lipinski definition) is 1. The summed E-state index contributed by atoms with van der Waals surface area (Å²) in [7, 11) is 0. The summed E-state index contributed by atoms with van der Waals surface area (Å²) in [6, 6.07) is 4.34. The topological polar surface area (TPSA) is 38.3 Å². The third-order valence-electron chi connectivity index (χ3n) is 3.20. The van der Waals surface area contributed by atoms with Gasteiger partial charge in [0.25, 0.3) is 5.91 Å². The number of hydrogen-bond acceptors (Lipinski definition) is 2. The van der Waals surface area contributed by atoms with Gasteiger partial charge >= 0.3 is 0 Å². The first-order valence-electron chi connectivity index (χ1n) is 6.51. The van der Waals surface area contributed by atoms with Crippen LogP contribution in [0.1, 0.15) is 36.0 Å². The standard InChI is InChI=1S/C14H17BrFNO2/c15-10-4-5-13(16)12(9-10)14(18)17-7-6-11-3-1-2-8-19-11/h4-5,9,11H,1-3,6-8H2,(H,17,18). The van der Waals surface area contributed by atoms with Crippen LogP contribution in [0.25, 0.3) is 0 Å². The second-order valence-electron chi connectivity index (χ2n) is 4.66. The number of carbonyl (C=O) groups is 1. The van der Waals surface area contributed by atoms with Crippen molar-refractivity contribution >= 4 is 21.8 Å². The van der Waals surface area contributed by atoms with E-state index in [4.69, 9.17) is 4.74 Å². The highest BCUT2D eigenvalue weighted by Gasteiger charge is 2.15. The molecular formula is C14H17BrFNO2. The molecule has 0 aliphatic carbocycles. The third kappa shape index (κ3) is 4.28. The molecule has 0 radical (unpaired) electrons. The molecule has 1 aromatic carbocycles. The lowest BCUT2D eigenvalue weighted by atomic mass is 10.1. The highest BCUT2D eigenvalue weighted by molar-refractivity contribution is 9.10. The molecule has 2 rings (SSSR count). The third-order valence-corrected chi connectivity index (χ3v) is 3.69. The molecule has 1 saturated heterocycles. The summed E-state index contributed by atoms with van der Waals surface area (Å²) >= 11 is 3.23. The van der Waals surface area contributed by atoms with E-state index < -0.39 is 5.82 Å².